The van der Waals surface area contributed by atoms with Crippen molar-refractivity contribution >= 4 is 21.5 Å². The summed E-state index contributed by atoms with van der Waals surface area (Å²) in [7, 11) is -3.68. The Balaban J connectivity index is 1.58. The van der Waals surface area contributed by atoms with Gasteiger partial charge < -0.3 is 10.7 Å². The van der Waals surface area contributed by atoms with E-state index >= 15 is 0 Å². The number of aryl methyl sites for hydroxylation is 1. The number of hydrogen-bond donors (Lipinski definition) is 2. The summed E-state index contributed by atoms with van der Waals surface area (Å²) in [6.45, 7) is 2.58. The average molecular weight is 410 g/mol. The second-order valence-corrected chi connectivity index (χ2v) is 8.86. The van der Waals surface area contributed by atoms with Crippen LogP contribution < -0.4 is 5.73 Å². The van der Waals surface area contributed by atoms with Crippen molar-refractivity contribution in [2.75, 3.05) is 12.3 Å². The molecule has 0 unspecified atom stereocenters. The lowest BCUT2D eigenvalue weighted by Crippen LogP contribution is -2.36. The molecule has 11 heteroatoms. The Morgan fingerprint density at radius 2 is 2.07 bits per heavy atom. The van der Waals surface area contributed by atoms with Crippen molar-refractivity contribution in [1.82, 2.24) is 33.9 Å². The number of nitrogens with zero attached hydrogens (tertiary/aromatic N) is 6. The number of H-pyrrole nitrogens is 1. The number of sulfonamides is 1. The van der Waals surface area contributed by atoms with E-state index in [1.165, 1.54) is 10.6 Å². The lowest BCUT2D eigenvalue weighted by Gasteiger charge is -2.25. The molecular weight excluding hydrogens is 392 g/mol. The SMILES string of the molecule is Cc1ccc(S(=O)(=O)N2CCc3nc[nH]c3C2)cc1-c1cnc2c(N)ncnn12. The molecule has 0 saturated heterocycles. The fraction of sp³-hybridized carbons (Fsp3) is 0.222. The minimum Gasteiger partial charge on any atom is -0.381 e. The maximum atomic E-state index is 13.3. The molecule has 1 aromatic carbocycles. The van der Waals surface area contributed by atoms with E-state index in [-0.39, 0.29) is 17.3 Å². The molecule has 3 aromatic heterocycles. The van der Waals surface area contributed by atoms with E-state index < -0.39 is 10.0 Å². The number of nitrogens with one attached hydrogen (secondary N) is 1. The van der Waals surface area contributed by atoms with Crippen molar-refractivity contribution in [3.8, 4) is 11.3 Å². The Bertz CT molecular complexity index is 1340. The monoisotopic (exact) mass is 410 g/mol. The molecule has 4 aromatic rings. The molecule has 0 fully saturated rings. The maximum absolute atomic E-state index is 13.3. The molecule has 29 heavy (non-hydrogen) atoms. The minimum absolute atomic E-state index is 0.220. The zero-order chi connectivity index (χ0) is 20.2. The van der Waals surface area contributed by atoms with Gasteiger partial charge in [0.05, 0.1) is 41.0 Å². The van der Waals surface area contributed by atoms with E-state index in [0.717, 1.165) is 22.5 Å². The van der Waals surface area contributed by atoms with Crippen LogP contribution >= 0.6 is 0 Å². The molecule has 0 spiro atoms. The van der Waals surface area contributed by atoms with Crippen LogP contribution in [0.15, 0.2) is 41.9 Å². The predicted octanol–water partition coefficient (Wildman–Crippen LogP) is 1.15. The van der Waals surface area contributed by atoms with Gasteiger partial charge in [0.25, 0.3) is 0 Å². The van der Waals surface area contributed by atoms with E-state index in [4.69, 9.17) is 5.73 Å². The van der Waals surface area contributed by atoms with Crippen molar-refractivity contribution in [1.29, 1.82) is 0 Å². The summed E-state index contributed by atoms with van der Waals surface area (Å²) in [5.74, 6) is 0.261. The smallest absolute Gasteiger partial charge is 0.243 e. The number of benzene rings is 1. The van der Waals surface area contributed by atoms with Crippen LogP contribution in [0.5, 0.6) is 0 Å². The third-order valence-corrected chi connectivity index (χ3v) is 7.03. The summed E-state index contributed by atoms with van der Waals surface area (Å²) in [5.41, 5.74) is 10.3. The lowest BCUT2D eigenvalue weighted by atomic mass is 10.1. The van der Waals surface area contributed by atoms with E-state index in [1.54, 1.807) is 35.2 Å². The fourth-order valence-corrected chi connectivity index (χ4v) is 5.03. The summed E-state index contributed by atoms with van der Waals surface area (Å²) in [4.78, 5) is 15.7. The van der Waals surface area contributed by atoms with Crippen LogP contribution in [0, 0.1) is 6.92 Å². The Morgan fingerprint density at radius 1 is 1.21 bits per heavy atom. The molecule has 4 heterocycles. The number of aromatic amines is 1. The van der Waals surface area contributed by atoms with Gasteiger partial charge in [-0.3, -0.25) is 0 Å². The van der Waals surface area contributed by atoms with Crippen LogP contribution in [0.25, 0.3) is 16.9 Å². The summed E-state index contributed by atoms with van der Waals surface area (Å²) < 4.78 is 29.6. The van der Waals surface area contributed by atoms with Crippen LogP contribution in [-0.4, -0.2) is 48.8 Å². The first-order valence-corrected chi connectivity index (χ1v) is 10.5. The van der Waals surface area contributed by atoms with Gasteiger partial charge in [-0.05, 0) is 24.6 Å². The average Bonchev–Trinajstić information content (AvgIpc) is 3.35. The Hall–Kier alpha value is -3.31. The largest absolute Gasteiger partial charge is 0.381 e. The third-order valence-electron chi connectivity index (χ3n) is 5.19. The molecule has 1 aliphatic heterocycles. The van der Waals surface area contributed by atoms with Gasteiger partial charge in [0.1, 0.15) is 6.33 Å². The summed E-state index contributed by atoms with van der Waals surface area (Å²) in [6, 6.07) is 5.08. The van der Waals surface area contributed by atoms with Crippen molar-refractivity contribution in [2.24, 2.45) is 0 Å². The van der Waals surface area contributed by atoms with Crippen LogP contribution in [0.2, 0.25) is 0 Å². The van der Waals surface area contributed by atoms with Crippen molar-refractivity contribution in [2.45, 2.75) is 24.8 Å². The molecule has 5 rings (SSSR count). The highest BCUT2D eigenvalue weighted by Gasteiger charge is 2.30. The van der Waals surface area contributed by atoms with Crippen molar-refractivity contribution < 1.29 is 8.42 Å². The molecule has 0 amide bonds. The molecule has 3 N–H and O–H groups in total. The number of nitrogens with two attached hydrogens (primary N) is 1. The Labute approximate surface area is 166 Å². The first kappa shape index (κ1) is 17.8. The standard InChI is InChI=1S/C18H18N8O2S/c1-11-2-3-12(29(27,28)25-5-4-14-15(8-25)22-9-21-14)6-13(11)16-7-20-18-17(19)23-10-24-26(16)18/h2-3,6-7,9-10H,4-5,8H2,1H3,(H,21,22)(H2,19,23,24). The second-order valence-electron chi connectivity index (χ2n) is 6.92. The second kappa shape index (κ2) is 6.36. The summed E-state index contributed by atoms with van der Waals surface area (Å²) in [5, 5.41) is 4.21. The number of aromatic nitrogens is 6. The van der Waals surface area contributed by atoms with Crippen molar-refractivity contribution in [3.63, 3.8) is 0 Å². The Kier molecular flexibility index (Phi) is 3.89. The van der Waals surface area contributed by atoms with Gasteiger partial charge in [0, 0.05) is 18.5 Å². The van der Waals surface area contributed by atoms with Gasteiger partial charge in [-0.25, -0.2) is 27.9 Å². The molecular formula is C18H18N8O2S. The Morgan fingerprint density at radius 3 is 2.93 bits per heavy atom. The van der Waals surface area contributed by atoms with Crippen LogP contribution in [0.4, 0.5) is 5.82 Å². The normalized spacial score (nSPS) is 14.9. The van der Waals surface area contributed by atoms with Gasteiger partial charge in [-0.15, -0.1) is 0 Å². The highest BCUT2D eigenvalue weighted by atomic mass is 32.2. The zero-order valence-corrected chi connectivity index (χ0v) is 16.4. The van der Waals surface area contributed by atoms with Gasteiger partial charge in [0.2, 0.25) is 10.0 Å². The van der Waals surface area contributed by atoms with E-state index in [1.807, 2.05) is 6.92 Å². The number of hydrogen-bond acceptors (Lipinski definition) is 7. The summed E-state index contributed by atoms with van der Waals surface area (Å²) >= 11 is 0. The molecule has 0 bridgehead atoms. The molecule has 0 aliphatic carbocycles. The molecule has 10 nitrogen and oxygen atoms in total. The van der Waals surface area contributed by atoms with E-state index in [0.29, 0.717) is 24.3 Å². The summed E-state index contributed by atoms with van der Waals surface area (Å²) in [6.07, 6.45) is 5.15. The molecule has 1 aliphatic rings. The number of rotatable bonds is 3. The maximum Gasteiger partial charge on any atom is 0.243 e. The third kappa shape index (κ3) is 2.77. The molecule has 0 atom stereocenters. The van der Waals surface area contributed by atoms with Gasteiger partial charge in [-0.2, -0.15) is 9.40 Å². The van der Waals surface area contributed by atoms with Gasteiger partial charge in [0.15, 0.2) is 11.5 Å². The molecule has 148 valence electrons. The quantitative estimate of drug-likeness (QED) is 0.517. The van der Waals surface area contributed by atoms with Crippen LogP contribution in [0.1, 0.15) is 17.0 Å². The zero-order valence-electron chi connectivity index (χ0n) is 15.6. The highest BCUT2D eigenvalue weighted by molar-refractivity contribution is 7.89. The van der Waals surface area contributed by atoms with Crippen molar-refractivity contribution in [3.05, 3.63) is 54.0 Å². The van der Waals surface area contributed by atoms with Crippen LogP contribution in [0.3, 0.4) is 0 Å². The number of imidazole rings is 2. The first-order valence-electron chi connectivity index (χ1n) is 9.01. The van der Waals surface area contributed by atoms with Gasteiger partial charge >= 0.3 is 0 Å². The number of nitrogen functional groups attached to an aromatic ring is 1. The predicted molar refractivity (Wildman–Crippen MR) is 105 cm³/mol. The van der Waals surface area contributed by atoms with E-state index in [2.05, 4.69) is 25.0 Å². The topological polar surface area (TPSA) is 135 Å². The molecule has 0 radical (unpaired) electrons. The number of fused-ring (bicyclic) bond motifs is 2. The van der Waals surface area contributed by atoms with Crippen LogP contribution in [-0.2, 0) is 23.0 Å². The number of anilines is 1. The minimum atomic E-state index is -3.68. The first-order chi connectivity index (χ1) is 13.9. The fourth-order valence-electron chi connectivity index (χ4n) is 3.60. The van der Waals surface area contributed by atoms with Gasteiger partial charge in [-0.1, -0.05) is 6.07 Å². The molecule has 0 saturated carbocycles. The van der Waals surface area contributed by atoms with E-state index in [9.17, 15) is 8.42 Å². The lowest BCUT2D eigenvalue weighted by molar-refractivity contribution is 0.385. The highest BCUT2D eigenvalue weighted by Crippen LogP contribution is 2.30.